The van der Waals surface area contributed by atoms with E-state index < -0.39 is 12.1 Å². The van der Waals surface area contributed by atoms with E-state index in [1.165, 1.54) is 0 Å². The summed E-state index contributed by atoms with van der Waals surface area (Å²) in [6.45, 7) is 1.96. The first-order valence-electron chi connectivity index (χ1n) is 7.51. The van der Waals surface area contributed by atoms with Crippen molar-refractivity contribution in [3.05, 3.63) is 51.0 Å². The number of benzene rings is 1. The molecule has 1 aromatic carbocycles. The number of fused-ring (bicyclic) bond motifs is 1. The zero-order chi connectivity index (χ0) is 18.4. The summed E-state index contributed by atoms with van der Waals surface area (Å²) in [4.78, 5) is 16.8. The van der Waals surface area contributed by atoms with Crippen molar-refractivity contribution in [3.63, 3.8) is 0 Å². The lowest BCUT2D eigenvalue weighted by molar-refractivity contribution is -0.186. The number of hydrogen-bond acceptors (Lipinski definition) is 2. The molecule has 0 saturated carbocycles. The van der Waals surface area contributed by atoms with Crippen LogP contribution in [0.15, 0.2) is 18.2 Å². The molecule has 1 aromatic heterocycles. The van der Waals surface area contributed by atoms with Crippen LogP contribution < -0.4 is 0 Å². The minimum Gasteiger partial charge on any atom is -0.329 e. The molecule has 4 nitrogen and oxygen atoms in total. The number of amides is 1. The second kappa shape index (κ2) is 6.53. The molecule has 0 unspecified atom stereocenters. The molecule has 9 heteroatoms. The van der Waals surface area contributed by atoms with Gasteiger partial charge in [-0.15, -0.1) is 0 Å². The van der Waals surface area contributed by atoms with Gasteiger partial charge in [0.15, 0.2) is 0 Å². The molecule has 1 amide bonds. The fraction of sp³-hybridized carbons (Fsp3) is 0.375. The van der Waals surface area contributed by atoms with Gasteiger partial charge in [0.2, 0.25) is 0 Å². The molecule has 0 saturated heterocycles. The van der Waals surface area contributed by atoms with Crippen LogP contribution in [0.4, 0.5) is 13.2 Å². The lowest BCUT2D eigenvalue weighted by Crippen LogP contribution is -2.44. The Morgan fingerprint density at radius 3 is 2.72 bits per heavy atom. The standard InChI is InChI=1S/C16H14Cl2F3N3O/c1-9-22-13-4-5-23(15(25)16(19,20)21)8-14(13)24(9)7-10-6-11(17)2-3-12(10)18/h2-3,6H,4-5,7-8H2,1H3. The average molecular weight is 392 g/mol. The Morgan fingerprint density at radius 1 is 1.32 bits per heavy atom. The number of carbonyl (C=O) groups is 1. The van der Waals surface area contributed by atoms with E-state index in [9.17, 15) is 18.0 Å². The first kappa shape index (κ1) is 18.1. The second-order valence-electron chi connectivity index (χ2n) is 5.85. The smallest absolute Gasteiger partial charge is 0.329 e. The fourth-order valence-electron chi connectivity index (χ4n) is 2.95. The summed E-state index contributed by atoms with van der Waals surface area (Å²) < 4.78 is 39.9. The van der Waals surface area contributed by atoms with Gasteiger partial charge in [-0.1, -0.05) is 23.2 Å². The number of nitrogens with zero attached hydrogens (tertiary/aromatic N) is 3. The van der Waals surface area contributed by atoms with E-state index >= 15 is 0 Å². The van der Waals surface area contributed by atoms with Crippen molar-refractivity contribution in [2.24, 2.45) is 0 Å². The summed E-state index contributed by atoms with van der Waals surface area (Å²) in [6, 6.07) is 5.03. The second-order valence-corrected chi connectivity index (χ2v) is 6.69. The molecule has 0 radical (unpaired) electrons. The minimum atomic E-state index is -4.88. The number of halogens is 5. The Bertz CT molecular complexity index is 833. The quantitative estimate of drug-likeness (QED) is 0.775. The Labute approximate surface area is 152 Å². The number of aromatic nitrogens is 2. The molecule has 0 N–H and O–H groups in total. The third kappa shape index (κ3) is 3.62. The molecule has 0 fully saturated rings. The summed E-state index contributed by atoms with van der Waals surface area (Å²) in [7, 11) is 0. The maximum Gasteiger partial charge on any atom is 0.471 e. The highest BCUT2D eigenvalue weighted by atomic mass is 35.5. The van der Waals surface area contributed by atoms with Gasteiger partial charge in [-0.05, 0) is 30.7 Å². The molecular formula is C16H14Cl2F3N3O. The van der Waals surface area contributed by atoms with Gasteiger partial charge in [0.05, 0.1) is 24.5 Å². The van der Waals surface area contributed by atoms with Crippen LogP contribution in [0.2, 0.25) is 10.0 Å². The number of carbonyl (C=O) groups excluding carboxylic acids is 1. The van der Waals surface area contributed by atoms with Crippen molar-refractivity contribution in [2.75, 3.05) is 6.54 Å². The van der Waals surface area contributed by atoms with Crippen molar-refractivity contribution in [2.45, 2.75) is 32.6 Å². The molecule has 0 aliphatic carbocycles. The van der Waals surface area contributed by atoms with Crippen molar-refractivity contribution in [1.29, 1.82) is 0 Å². The van der Waals surface area contributed by atoms with Gasteiger partial charge in [-0.3, -0.25) is 4.79 Å². The van der Waals surface area contributed by atoms with E-state index in [1.807, 2.05) is 0 Å². The molecule has 0 bridgehead atoms. The summed E-state index contributed by atoms with van der Waals surface area (Å²) in [5.41, 5.74) is 2.04. The van der Waals surface area contributed by atoms with Crippen LogP contribution in [-0.4, -0.2) is 33.1 Å². The van der Waals surface area contributed by atoms with Crippen LogP contribution in [0.3, 0.4) is 0 Å². The van der Waals surface area contributed by atoms with Gasteiger partial charge >= 0.3 is 12.1 Å². The maximum absolute atomic E-state index is 12.7. The molecule has 1 aliphatic heterocycles. The highest BCUT2D eigenvalue weighted by Gasteiger charge is 2.43. The highest BCUT2D eigenvalue weighted by molar-refractivity contribution is 6.33. The number of hydrogen-bond donors (Lipinski definition) is 0. The van der Waals surface area contributed by atoms with Crippen LogP contribution in [0.1, 0.15) is 22.8 Å². The lowest BCUT2D eigenvalue weighted by atomic mass is 10.1. The zero-order valence-corrected chi connectivity index (χ0v) is 14.7. The normalized spacial score (nSPS) is 14.6. The van der Waals surface area contributed by atoms with Crippen molar-refractivity contribution >= 4 is 29.1 Å². The summed E-state index contributed by atoms with van der Waals surface area (Å²) in [5.74, 6) is -1.17. The predicted molar refractivity (Wildman–Crippen MR) is 87.7 cm³/mol. The van der Waals surface area contributed by atoms with Crippen LogP contribution in [-0.2, 0) is 24.3 Å². The predicted octanol–water partition coefficient (Wildman–Crippen LogP) is 3.99. The van der Waals surface area contributed by atoms with Gasteiger partial charge < -0.3 is 9.47 Å². The van der Waals surface area contributed by atoms with Crippen LogP contribution in [0.25, 0.3) is 0 Å². The third-order valence-electron chi connectivity index (χ3n) is 4.17. The van der Waals surface area contributed by atoms with E-state index in [4.69, 9.17) is 23.2 Å². The lowest BCUT2D eigenvalue weighted by Gasteiger charge is -2.28. The fourth-order valence-corrected chi connectivity index (χ4v) is 3.32. The van der Waals surface area contributed by atoms with E-state index in [2.05, 4.69) is 4.98 Å². The average Bonchev–Trinajstić information content (AvgIpc) is 2.84. The summed E-state index contributed by atoms with van der Waals surface area (Å²) in [6.07, 6.45) is -4.60. The van der Waals surface area contributed by atoms with Crippen molar-refractivity contribution < 1.29 is 18.0 Å². The first-order chi connectivity index (χ1) is 11.7. The Kier molecular flexibility index (Phi) is 4.72. The first-order valence-corrected chi connectivity index (χ1v) is 8.27. The van der Waals surface area contributed by atoms with E-state index in [0.29, 0.717) is 33.8 Å². The van der Waals surface area contributed by atoms with Gasteiger partial charge in [0.25, 0.3) is 0 Å². The maximum atomic E-state index is 12.7. The molecule has 0 spiro atoms. The summed E-state index contributed by atoms with van der Waals surface area (Å²) >= 11 is 12.2. The Morgan fingerprint density at radius 2 is 2.04 bits per heavy atom. The monoisotopic (exact) mass is 391 g/mol. The molecule has 0 atom stereocenters. The van der Waals surface area contributed by atoms with Crippen molar-refractivity contribution in [1.82, 2.24) is 14.5 Å². The molecule has 25 heavy (non-hydrogen) atoms. The van der Waals surface area contributed by atoms with Gasteiger partial charge in [-0.25, -0.2) is 4.98 Å². The number of rotatable bonds is 2. The van der Waals surface area contributed by atoms with Gasteiger partial charge in [0.1, 0.15) is 5.82 Å². The van der Waals surface area contributed by atoms with Crippen LogP contribution in [0, 0.1) is 6.92 Å². The topological polar surface area (TPSA) is 38.1 Å². The van der Waals surface area contributed by atoms with E-state index in [1.54, 1.807) is 29.7 Å². The Hall–Kier alpha value is -1.73. The number of alkyl halides is 3. The molecule has 2 heterocycles. The molecule has 134 valence electrons. The summed E-state index contributed by atoms with van der Waals surface area (Å²) in [5, 5.41) is 1.02. The molecule has 1 aliphatic rings. The molecule has 3 rings (SSSR count). The molecular weight excluding hydrogens is 378 g/mol. The van der Waals surface area contributed by atoms with E-state index in [-0.39, 0.29) is 19.5 Å². The van der Waals surface area contributed by atoms with Crippen molar-refractivity contribution in [3.8, 4) is 0 Å². The number of imidazole rings is 1. The Balaban J connectivity index is 1.92. The van der Waals surface area contributed by atoms with Gasteiger partial charge in [0, 0.05) is 23.0 Å². The third-order valence-corrected chi connectivity index (χ3v) is 4.78. The van der Waals surface area contributed by atoms with Crippen LogP contribution >= 0.6 is 23.2 Å². The zero-order valence-electron chi connectivity index (χ0n) is 13.2. The minimum absolute atomic E-state index is 0.000280. The van der Waals surface area contributed by atoms with E-state index in [0.717, 1.165) is 10.5 Å². The van der Waals surface area contributed by atoms with Gasteiger partial charge in [-0.2, -0.15) is 13.2 Å². The largest absolute Gasteiger partial charge is 0.471 e. The van der Waals surface area contributed by atoms with Crippen LogP contribution in [0.5, 0.6) is 0 Å². The molecule has 2 aromatic rings. The number of aryl methyl sites for hydroxylation is 1. The SMILES string of the molecule is Cc1nc2c(n1Cc1cc(Cl)ccc1Cl)CN(C(=O)C(F)(F)F)CC2. The highest BCUT2D eigenvalue weighted by Crippen LogP contribution is 2.28.